The highest BCUT2D eigenvalue weighted by molar-refractivity contribution is 6.30. The molecule has 1 heterocycles. The summed E-state index contributed by atoms with van der Waals surface area (Å²) in [5.74, 6) is 0. The second-order valence-corrected chi connectivity index (χ2v) is 3.75. The fourth-order valence-corrected chi connectivity index (χ4v) is 1.30. The summed E-state index contributed by atoms with van der Waals surface area (Å²) >= 11 is 5.71. The number of ether oxygens (including phenoxy) is 1. The van der Waals surface area contributed by atoms with Crippen molar-refractivity contribution in [2.75, 3.05) is 18.4 Å². The molecule has 1 aromatic rings. The Hall–Kier alpha value is -1.26. The van der Waals surface area contributed by atoms with Gasteiger partial charge >= 0.3 is 6.09 Å². The van der Waals surface area contributed by atoms with Crippen LogP contribution in [0.15, 0.2) is 24.3 Å². The van der Waals surface area contributed by atoms with Gasteiger partial charge in [-0.1, -0.05) is 11.6 Å². The number of benzene rings is 1. The highest BCUT2D eigenvalue weighted by Crippen LogP contribution is 2.13. The maximum Gasteiger partial charge on any atom is 0.411 e. The molecule has 0 aromatic heterocycles. The SMILES string of the molecule is O=C(Nc1ccc(Cl)cc1)OC1CNC1. The molecular weight excluding hydrogens is 216 g/mol. The molecule has 0 aliphatic carbocycles. The zero-order valence-electron chi connectivity index (χ0n) is 8.00. The van der Waals surface area contributed by atoms with Crippen molar-refractivity contribution in [1.82, 2.24) is 5.32 Å². The van der Waals surface area contributed by atoms with Crippen molar-refractivity contribution in [2.24, 2.45) is 0 Å². The minimum atomic E-state index is -0.427. The number of carbonyl (C=O) groups is 1. The largest absolute Gasteiger partial charge is 0.443 e. The molecule has 2 rings (SSSR count). The molecule has 0 bridgehead atoms. The molecule has 1 aliphatic rings. The summed E-state index contributed by atoms with van der Waals surface area (Å²) < 4.78 is 5.07. The van der Waals surface area contributed by atoms with Crippen LogP contribution in [-0.4, -0.2) is 25.3 Å². The van der Waals surface area contributed by atoms with E-state index >= 15 is 0 Å². The van der Waals surface area contributed by atoms with E-state index in [9.17, 15) is 4.79 Å². The van der Waals surface area contributed by atoms with Crippen molar-refractivity contribution in [1.29, 1.82) is 0 Å². The summed E-state index contributed by atoms with van der Waals surface area (Å²) in [6, 6.07) is 6.87. The Bertz CT molecular complexity index is 349. The van der Waals surface area contributed by atoms with Crippen molar-refractivity contribution in [3.05, 3.63) is 29.3 Å². The molecule has 1 amide bonds. The summed E-state index contributed by atoms with van der Waals surface area (Å²) in [4.78, 5) is 11.3. The van der Waals surface area contributed by atoms with E-state index in [1.54, 1.807) is 24.3 Å². The summed E-state index contributed by atoms with van der Waals surface area (Å²) in [5.41, 5.74) is 0.677. The van der Waals surface area contributed by atoms with Gasteiger partial charge in [0, 0.05) is 23.8 Å². The number of hydrogen-bond donors (Lipinski definition) is 2. The van der Waals surface area contributed by atoms with E-state index in [2.05, 4.69) is 10.6 Å². The van der Waals surface area contributed by atoms with Gasteiger partial charge in [0.25, 0.3) is 0 Å². The molecule has 0 atom stereocenters. The Morgan fingerprint density at radius 2 is 2.07 bits per heavy atom. The minimum absolute atomic E-state index is 0.00250. The Morgan fingerprint density at radius 3 is 2.60 bits per heavy atom. The maximum absolute atomic E-state index is 11.3. The van der Waals surface area contributed by atoms with Crippen LogP contribution in [0, 0.1) is 0 Å². The zero-order chi connectivity index (χ0) is 10.7. The van der Waals surface area contributed by atoms with Gasteiger partial charge in [0.1, 0.15) is 6.10 Å². The predicted molar refractivity (Wildman–Crippen MR) is 58.2 cm³/mol. The molecule has 4 nitrogen and oxygen atoms in total. The number of halogens is 1. The van der Waals surface area contributed by atoms with Crippen LogP contribution >= 0.6 is 11.6 Å². The molecule has 1 saturated heterocycles. The van der Waals surface area contributed by atoms with E-state index in [-0.39, 0.29) is 6.10 Å². The van der Waals surface area contributed by atoms with Crippen LogP contribution in [0.1, 0.15) is 0 Å². The lowest BCUT2D eigenvalue weighted by molar-refractivity contribution is 0.0778. The molecule has 1 aromatic carbocycles. The summed E-state index contributed by atoms with van der Waals surface area (Å²) in [6.07, 6.45) is -0.430. The average molecular weight is 227 g/mol. The number of hydrogen-bond acceptors (Lipinski definition) is 3. The molecule has 0 saturated carbocycles. The fraction of sp³-hybridized carbons (Fsp3) is 0.300. The van der Waals surface area contributed by atoms with Crippen LogP contribution in [-0.2, 0) is 4.74 Å². The average Bonchev–Trinajstić information content (AvgIpc) is 2.16. The second-order valence-electron chi connectivity index (χ2n) is 3.32. The first-order chi connectivity index (χ1) is 7.24. The maximum atomic E-state index is 11.3. The van der Waals surface area contributed by atoms with Gasteiger partial charge in [0.2, 0.25) is 0 Å². The van der Waals surface area contributed by atoms with Crippen LogP contribution < -0.4 is 10.6 Å². The van der Waals surface area contributed by atoms with Crippen molar-refractivity contribution >= 4 is 23.4 Å². The van der Waals surface area contributed by atoms with E-state index in [1.807, 2.05) is 0 Å². The Morgan fingerprint density at radius 1 is 1.40 bits per heavy atom. The first kappa shape index (κ1) is 10.3. The predicted octanol–water partition coefficient (Wildman–Crippen LogP) is 1.86. The number of rotatable bonds is 2. The normalized spacial score (nSPS) is 15.5. The molecule has 0 radical (unpaired) electrons. The minimum Gasteiger partial charge on any atom is -0.443 e. The summed E-state index contributed by atoms with van der Waals surface area (Å²) in [5, 5.41) is 6.27. The van der Waals surface area contributed by atoms with Gasteiger partial charge < -0.3 is 10.1 Å². The van der Waals surface area contributed by atoms with E-state index in [0.29, 0.717) is 10.7 Å². The quantitative estimate of drug-likeness (QED) is 0.810. The first-order valence-corrected chi connectivity index (χ1v) is 5.06. The smallest absolute Gasteiger partial charge is 0.411 e. The molecule has 1 aliphatic heterocycles. The van der Waals surface area contributed by atoms with Crippen LogP contribution in [0.4, 0.5) is 10.5 Å². The molecular formula is C10H11ClN2O2. The Kier molecular flexibility index (Phi) is 3.08. The van der Waals surface area contributed by atoms with Crippen LogP contribution in [0.25, 0.3) is 0 Å². The fourth-order valence-electron chi connectivity index (χ4n) is 1.18. The van der Waals surface area contributed by atoms with Gasteiger partial charge in [0.15, 0.2) is 0 Å². The van der Waals surface area contributed by atoms with Crippen molar-refractivity contribution in [2.45, 2.75) is 6.10 Å². The molecule has 2 N–H and O–H groups in total. The van der Waals surface area contributed by atoms with E-state index in [4.69, 9.17) is 16.3 Å². The van der Waals surface area contributed by atoms with Gasteiger partial charge in [-0.15, -0.1) is 0 Å². The first-order valence-electron chi connectivity index (χ1n) is 4.68. The van der Waals surface area contributed by atoms with Crippen molar-refractivity contribution < 1.29 is 9.53 Å². The van der Waals surface area contributed by atoms with E-state index < -0.39 is 6.09 Å². The molecule has 0 unspecified atom stereocenters. The number of amides is 1. The topological polar surface area (TPSA) is 50.4 Å². The lowest BCUT2D eigenvalue weighted by atomic mass is 10.2. The summed E-state index contributed by atoms with van der Waals surface area (Å²) in [7, 11) is 0. The van der Waals surface area contributed by atoms with E-state index in [0.717, 1.165) is 13.1 Å². The van der Waals surface area contributed by atoms with Gasteiger partial charge in [-0.05, 0) is 24.3 Å². The van der Waals surface area contributed by atoms with Crippen molar-refractivity contribution in [3.63, 3.8) is 0 Å². The monoisotopic (exact) mass is 226 g/mol. The van der Waals surface area contributed by atoms with Crippen LogP contribution in [0.3, 0.4) is 0 Å². The third kappa shape index (κ3) is 2.84. The highest BCUT2D eigenvalue weighted by atomic mass is 35.5. The molecule has 5 heteroatoms. The zero-order valence-corrected chi connectivity index (χ0v) is 8.75. The van der Waals surface area contributed by atoms with Gasteiger partial charge in [-0.3, -0.25) is 5.32 Å². The number of anilines is 1. The molecule has 1 fully saturated rings. The van der Waals surface area contributed by atoms with Crippen molar-refractivity contribution in [3.8, 4) is 0 Å². The highest BCUT2D eigenvalue weighted by Gasteiger charge is 2.20. The van der Waals surface area contributed by atoms with Crippen LogP contribution in [0.5, 0.6) is 0 Å². The van der Waals surface area contributed by atoms with Gasteiger partial charge in [-0.2, -0.15) is 0 Å². The standard InChI is InChI=1S/C10H11ClN2O2/c11-7-1-3-8(4-2-7)13-10(14)15-9-5-12-6-9/h1-4,9,12H,5-6H2,(H,13,14). The molecule has 0 spiro atoms. The number of carbonyl (C=O) groups excluding carboxylic acids is 1. The van der Waals surface area contributed by atoms with Crippen LogP contribution in [0.2, 0.25) is 5.02 Å². The third-order valence-corrected chi connectivity index (χ3v) is 2.36. The molecule has 15 heavy (non-hydrogen) atoms. The summed E-state index contributed by atoms with van der Waals surface area (Å²) in [6.45, 7) is 1.46. The lowest BCUT2D eigenvalue weighted by Gasteiger charge is -2.26. The lowest BCUT2D eigenvalue weighted by Crippen LogP contribution is -2.49. The number of nitrogens with one attached hydrogen (secondary N) is 2. The Balaban J connectivity index is 1.84. The Labute approximate surface area is 92.6 Å². The third-order valence-electron chi connectivity index (χ3n) is 2.11. The van der Waals surface area contributed by atoms with Gasteiger partial charge in [-0.25, -0.2) is 4.79 Å². The molecule has 80 valence electrons. The second kappa shape index (κ2) is 4.51. The van der Waals surface area contributed by atoms with E-state index in [1.165, 1.54) is 0 Å². The van der Waals surface area contributed by atoms with Gasteiger partial charge in [0.05, 0.1) is 0 Å².